The van der Waals surface area contributed by atoms with E-state index in [1.165, 1.54) is 6.20 Å². The minimum absolute atomic E-state index is 0.0364. The number of imidazole rings is 1. The van der Waals surface area contributed by atoms with Gasteiger partial charge in [-0.05, 0) is 10.8 Å². The van der Waals surface area contributed by atoms with Crippen LogP contribution in [0, 0.1) is 16.0 Å². The number of hydrogen-bond acceptors (Lipinski definition) is 3. The summed E-state index contributed by atoms with van der Waals surface area (Å²) >= 11 is 0. The second-order valence-corrected chi connectivity index (χ2v) is 3.07. The van der Waals surface area contributed by atoms with E-state index in [0.29, 0.717) is 11.7 Å². The maximum absolute atomic E-state index is 10.2. The fourth-order valence-electron chi connectivity index (χ4n) is 0.935. The van der Waals surface area contributed by atoms with Crippen molar-refractivity contribution in [3.8, 4) is 0 Å². The van der Waals surface area contributed by atoms with E-state index in [0.717, 1.165) is 6.42 Å². The number of aromatic nitrogens is 2. The van der Waals surface area contributed by atoms with Crippen LogP contribution < -0.4 is 0 Å². The van der Waals surface area contributed by atoms with Gasteiger partial charge < -0.3 is 10.1 Å². The number of nitro groups is 1. The first-order chi connectivity index (χ1) is 5.59. The lowest BCUT2D eigenvalue weighted by molar-refractivity contribution is -0.389. The van der Waals surface area contributed by atoms with E-state index in [4.69, 9.17) is 0 Å². The van der Waals surface area contributed by atoms with Gasteiger partial charge in [0.15, 0.2) is 5.82 Å². The van der Waals surface area contributed by atoms with Gasteiger partial charge in [0.05, 0.1) is 0 Å². The largest absolute Gasteiger partial charge is 0.358 e. The summed E-state index contributed by atoms with van der Waals surface area (Å²) in [6.07, 6.45) is 1.99. The number of rotatable bonds is 3. The van der Waals surface area contributed by atoms with E-state index in [1.54, 1.807) is 0 Å². The molecule has 66 valence electrons. The number of nitrogens with one attached hydrogen (secondary N) is 1. The molecular weight excluding hydrogens is 158 g/mol. The van der Waals surface area contributed by atoms with Crippen LogP contribution in [0.1, 0.15) is 19.7 Å². The zero-order valence-electron chi connectivity index (χ0n) is 7.07. The van der Waals surface area contributed by atoms with Gasteiger partial charge in [-0.2, -0.15) is 0 Å². The van der Waals surface area contributed by atoms with Crippen molar-refractivity contribution in [2.45, 2.75) is 20.3 Å². The lowest BCUT2D eigenvalue weighted by Crippen LogP contribution is -1.96. The predicted octanol–water partition coefficient (Wildman–Crippen LogP) is 1.52. The monoisotopic (exact) mass is 169 g/mol. The molecule has 1 N–H and O–H groups in total. The van der Waals surface area contributed by atoms with Crippen LogP contribution in [-0.2, 0) is 6.42 Å². The highest BCUT2D eigenvalue weighted by Crippen LogP contribution is 2.09. The summed E-state index contributed by atoms with van der Waals surface area (Å²) in [6.45, 7) is 4.07. The van der Waals surface area contributed by atoms with Crippen LogP contribution in [-0.4, -0.2) is 14.9 Å². The van der Waals surface area contributed by atoms with Crippen LogP contribution in [0.15, 0.2) is 6.20 Å². The Kier molecular flexibility index (Phi) is 2.42. The Morgan fingerprint density at radius 2 is 2.42 bits per heavy atom. The minimum Gasteiger partial charge on any atom is -0.358 e. The number of nitrogens with zero attached hydrogens (tertiary/aromatic N) is 2. The first-order valence-electron chi connectivity index (χ1n) is 3.78. The van der Waals surface area contributed by atoms with Crippen molar-refractivity contribution in [3.05, 3.63) is 22.1 Å². The molecule has 0 spiro atoms. The Morgan fingerprint density at radius 3 is 2.83 bits per heavy atom. The molecule has 5 nitrogen and oxygen atoms in total. The number of hydrogen-bond donors (Lipinski definition) is 1. The average molecular weight is 169 g/mol. The van der Waals surface area contributed by atoms with Crippen molar-refractivity contribution in [2.75, 3.05) is 0 Å². The van der Waals surface area contributed by atoms with Crippen molar-refractivity contribution in [3.63, 3.8) is 0 Å². The normalized spacial score (nSPS) is 10.6. The summed E-state index contributed by atoms with van der Waals surface area (Å²) in [7, 11) is 0. The Morgan fingerprint density at radius 1 is 1.75 bits per heavy atom. The second kappa shape index (κ2) is 3.34. The van der Waals surface area contributed by atoms with Gasteiger partial charge in [-0.15, -0.1) is 0 Å². The molecule has 0 radical (unpaired) electrons. The van der Waals surface area contributed by atoms with E-state index in [1.807, 2.05) is 13.8 Å². The average Bonchev–Trinajstić information content (AvgIpc) is 2.34. The maximum Gasteiger partial charge on any atom is 0.340 e. The molecule has 0 saturated carbocycles. The van der Waals surface area contributed by atoms with Crippen LogP contribution >= 0.6 is 0 Å². The molecule has 0 aliphatic rings. The number of aromatic amines is 1. The minimum atomic E-state index is -0.475. The van der Waals surface area contributed by atoms with Crippen LogP contribution in [0.5, 0.6) is 0 Å². The molecule has 1 rings (SSSR count). The predicted molar refractivity (Wildman–Crippen MR) is 43.8 cm³/mol. The number of H-pyrrole nitrogens is 1. The summed E-state index contributed by atoms with van der Waals surface area (Å²) < 4.78 is 0. The molecule has 0 bridgehead atoms. The summed E-state index contributed by atoms with van der Waals surface area (Å²) in [5, 5.41) is 10.2. The molecule has 0 atom stereocenters. The Bertz CT molecular complexity index is 280. The van der Waals surface area contributed by atoms with E-state index >= 15 is 0 Å². The van der Waals surface area contributed by atoms with Crippen molar-refractivity contribution < 1.29 is 4.92 Å². The van der Waals surface area contributed by atoms with Gasteiger partial charge in [0.2, 0.25) is 0 Å². The van der Waals surface area contributed by atoms with E-state index in [9.17, 15) is 10.1 Å². The van der Waals surface area contributed by atoms with E-state index in [-0.39, 0.29) is 5.82 Å². The van der Waals surface area contributed by atoms with Crippen molar-refractivity contribution in [2.24, 2.45) is 5.92 Å². The second-order valence-electron chi connectivity index (χ2n) is 3.07. The third-order valence-electron chi connectivity index (χ3n) is 1.41. The van der Waals surface area contributed by atoms with Crippen LogP contribution in [0.3, 0.4) is 0 Å². The topological polar surface area (TPSA) is 71.8 Å². The van der Waals surface area contributed by atoms with Gasteiger partial charge in [0.25, 0.3) is 0 Å². The Balaban J connectivity index is 2.71. The third kappa shape index (κ3) is 2.05. The van der Waals surface area contributed by atoms with Gasteiger partial charge in [-0.1, -0.05) is 13.8 Å². The highest BCUT2D eigenvalue weighted by molar-refractivity contribution is 5.15. The van der Waals surface area contributed by atoms with Crippen LogP contribution in [0.25, 0.3) is 0 Å². The van der Waals surface area contributed by atoms with E-state index in [2.05, 4.69) is 9.97 Å². The van der Waals surface area contributed by atoms with Gasteiger partial charge in [-0.3, -0.25) is 0 Å². The zero-order valence-corrected chi connectivity index (χ0v) is 7.07. The summed E-state index contributed by atoms with van der Waals surface area (Å²) in [5.74, 6) is 1.10. The molecule has 0 amide bonds. The molecule has 1 heterocycles. The molecule has 0 unspecified atom stereocenters. The molecule has 0 aliphatic carbocycles. The molecule has 0 fully saturated rings. The fraction of sp³-hybridized carbons (Fsp3) is 0.571. The van der Waals surface area contributed by atoms with Gasteiger partial charge >= 0.3 is 5.82 Å². The van der Waals surface area contributed by atoms with Crippen molar-refractivity contribution in [1.29, 1.82) is 0 Å². The van der Waals surface area contributed by atoms with Crippen molar-refractivity contribution in [1.82, 2.24) is 9.97 Å². The van der Waals surface area contributed by atoms with Crippen LogP contribution in [0.4, 0.5) is 5.82 Å². The molecule has 0 aliphatic heterocycles. The lowest BCUT2D eigenvalue weighted by Gasteiger charge is -1.95. The summed E-state index contributed by atoms with van der Waals surface area (Å²) in [4.78, 5) is 16.3. The van der Waals surface area contributed by atoms with Crippen molar-refractivity contribution >= 4 is 5.82 Å². The summed E-state index contributed by atoms with van der Waals surface area (Å²) in [5.41, 5.74) is 0. The molecule has 0 saturated heterocycles. The summed E-state index contributed by atoms with van der Waals surface area (Å²) in [6, 6.07) is 0. The van der Waals surface area contributed by atoms with Gasteiger partial charge in [0.1, 0.15) is 6.20 Å². The Labute approximate surface area is 70.0 Å². The highest BCUT2D eigenvalue weighted by Gasteiger charge is 2.10. The highest BCUT2D eigenvalue weighted by atomic mass is 16.6. The molecular formula is C7H11N3O2. The Hall–Kier alpha value is -1.39. The van der Waals surface area contributed by atoms with Crippen LogP contribution in [0.2, 0.25) is 0 Å². The SMILES string of the molecule is CC(C)Cc1ncc([N+](=O)[O-])[nH]1. The maximum atomic E-state index is 10.2. The smallest absolute Gasteiger partial charge is 0.340 e. The standard InChI is InChI=1S/C7H11N3O2/c1-5(2)3-6-8-4-7(9-6)10(11)12/h4-5H,3H2,1-2H3,(H,8,9). The lowest BCUT2D eigenvalue weighted by atomic mass is 10.1. The molecule has 12 heavy (non-hydrogen) atoms. The first-order valence-corrected chi connectivity index (χ1v) is 3.78. The van der Waals surface area contributed by atoms with E-state index < -0.39 is 4.92 Å². The van der Waals surface area contributed by atoms with Gasteiger partial charge in [0, 0.05) is 6.42 Å². The fourth-order valence-corrected chi connectivity index (χ4v) is 0.935. The molecule has 1 aromatic rings. The molecule has 1 aromatic heterocycles. The molecule has 0 aromatic carbocycles. The third-order valence-corrected chi connectivity index (χ3v) is 1.41. The quantitative estimate of drug-likeness (QED) is 0.550. The first kappa shape index (κ1) is 8.70. The zero-order chi connectivity index (χ0) is 9.14. The molecule has 5 heteroatoms. The van der Waals surface area contributed by atoms with Gasteiger partial charge in [-0.25, -0.2) is 9.97 Å².